The highest BCUT2D eigenvalue weighted by Crippen LogP contribution is 2.37. The number of phenols is 1. The van der Waals surface area contributed by atoms with E-state index in [-0.39, 0.29) is 18.1 Å². The number of aliphatic carboxylic acids is 1. The molecule has 1 atom stereocenters. The van der Waals surface area contributed by atoms with Gasteiger partial charge in [-0.3, -0.25) is 4.79 Å². The lowest BCUT2D eigenvalue weighted by Crippen LogP contribution is -2.04. The van der Waals surface area contributed by atoms with Crippen LogP contribution in [0.2, 0.25) is 5.02 Å². The average molecular weight is 243 g/mol. The Morgan fingerprint density at radius 3 is 2.56 bits per heavy atom. The maximum atomic E-state index is 10.6. The first-order valence-corrected chi connectivity index (χ1v) is 5.42. The maximum Gasteiger partial charge on any atom is 0.303 e. The molecule has 0 bridgehead atoms. The number of phenolic OH excluding ortho intramolecular Hbond substituents is 1. The smallest absolute Gasteiger partial charge is 0.303 e. The molecule has 0 aliphatic rings. The fourth-order valence-corrected chi connectivity index (χ4v) is 1.89. The molecule has 0 radical (unpaired) electrons. The molecule has 4 heteroatoms. The number of aromatic hydroxyl groups is 1. The predicted octanol–water partition coefficient (Wildman–Crippen LogP) is 3.24. The zero-order chi connectivity index (χ0) is 12.5. The van der Waals surface area contributed by atoms with Crippen LogP contribution in [0.15, 0.2) is 6.07 Å². The average Bonchev–Trinajstić information content (AvgIpc) is 2.19. The molecule has 0 saturated carbocycles. The topological polar surface area (TPSA) is 57.5 Å². The molecule has 0 aliphatic heterocycles. The zero-order valence-electron chi connectivity index (χ0n) is 9.54. The molecule has 0 saturated heterocycles. The Labute approximate surface area is 99.7 Å². The van der Waals surface area contributed by atoms with E-state index in [1.165, 1.54) is 0 Å². The van der Waals surface area contributed by atoms with Gasteiger partial charge in [0.25, 0.3) is 0 Å². The zero-order valence-corrected chi connectivity index (χ0v) is 10.3. The van der Waals surface area contributed by atoms with Gasteiger partial charge >= 0.3 is 5.97 Å². The van der Waals surface area contributed by atoms with E-state index in [2.05, 4.69) is 0 Å². The number of benzene rings is 1. The van der Waals surface area contributed by atoms with E-state index in [1.54, 1.807) is 13.0 Å². The van der Waals surface area contributed by atoms with E-state index >= 15 is 0 Å². The van der Waals surface area contributed by atoms with Crippen LogP contribution in [0.4, 0.5) is 0 Å². The second kappa shape index (κ2) is 4.74. The highest BCUT2D eigenvalue weighted by atomic mass is 35.5. The van der Waals surface area contributed by atoms with Crippen LogP contribution in [-0.4, -0.2) is 16.2 Å². The Morgan fingerprint density at radius 1 is 1.50 bits per heavy atom. The van der Waals surface area contributed by atoms with E-state index in [4.69, 9.17) is 16.7 Å². The molecule has 0 amide bonds. The Morgan fingerprint density at radius 2 is 2.06 bits per heavy atom. The lowest BCUT2D eigenvalue weighted by molar-refractivity contribution is -0.137. The Hall–Kier alpha value is -1.22. The Balaban J connectivity index is 3.19. The summed E-state index contributed by atoms with van der Waals surface area (Å²) < 4.78 is 0. The van der Waals surface area contributed by atoms with Gasteiger partial charge in [0.2, 0.25) is 0 Å². The lowest BCUT2D eigenvalue weighted by Gasteiger charge is -2.15. The highest BCUT2D eigenvalue weighted by molar-refractivity contribution is 6.33. The van der Waals surface area contributed by atoms with Gasteiger partial charge < -0.3 is 10.2 Å². The number of halogens is 1. The first-order valence-electron chi connectivity index (χ1n) is 5.05. The monoisotopic (exact) mass is 242 g/mol. The van der Waals surface area contributed by atoms with Crippen molar-refractivity contribution in [2.24, 2.45) is 0 Å². The number of carboxylic acids is 1. The molecule has 88 valence electrons. The SMILES string of the molecule is Cc1cc(C(C)CC(=O)O)c(O)c(Cl)c1C. The minimum absolute atomic E-state index is 0.00137. The third-order valence-corrected chi connectivity index (χ3v) is 3.25. The van der Waals surface area contributed by atoms with Gasteiger partial charge in [-0.15, -0.1) is 0 Å². The van der Waals surface area contributed by atoms with Crippen LogP contribution in [0.5, 0.6) is 5.75 Å². The van der Waals surface area contributed by atoms with Gasteiger partial charge in [-0.2, -0.15) is 0 Å². The summed E-state index contributed by atoms with van der Waals surface area (Å²) in [5, 5.41) is 18.9. The van der Waals surface area contributed by atoms with Gasteiger partial charge in [0.05, 0.1) is 11.4 Å². The van der Waals surface area contributed by atoms with Crippen molar-refractivity contribution in [2.45, 2.75) is 33.1 Å². The van der Waals surface area contributed by atoms with E-state index < -0.39 is 5.97 Å². The number of aryl methyl sites for hydroxylation is 1. The molecule has 0 spiro atoms. The van der Waals surface area contributed by atoms with Gasteiger partial charge in [-0.05, 0) is 36.5 Å². The van der Waals surface area contributed by atoms with Crippen molar-refractivity contribution >= 4 is 17.6 Å². The molecular weight excluding hydrogens is 228 g/mol. The lowest BCUT2D eigenvalue weighted by atomic mass is 9.93. The maximum absolute atomic E-state index is 10.6. The van der Waals surface area contributed by atoms with Gasteiger partial charge in [0.15, 0.2) is 0 Å². The molecule has 0 fully saturated rings. The molecule has 0 aliphatic carbocycles. The van der Waals surface area contributed by atoms with Crippen LogP contribution in [0.1, 0.15) is 36.0 Å². The molecule has 1 aromatic carbocycles. The first kappa shape index (κ1) is 12.8. The number of carbonyl (C=O) groups is 1. The third-order valence-electron chi connectivity index (χ3n) is 2.79. The normalized spacial score (nSPS) is 12.5. The molecule has 0 heterocycles. The number of hydrogen-bond acceptors (Lipinski definition) is 2. The minimum Gasteiger partial charge on any atom is -0.506 e. The molecular formula is C12H15ClO3. The molecule has 16 heavy (non-hydrogen) atoms. The summed E-state index contributed by atoms with van der Waals surface area (Å²) in [6.07, 6.45) is -0.0214. The van der Waals surface area contributed by atoms with Crippen LogP contribution in [0.3, 0.4) is 0 Å². The first-order chi connectivity index (χ1) is 7.34. The second-order valence-corrected chi connectivity index (χ2v) is 4.45. The van der Waals surface area contributed by atoms with Gasteiger partial charge in [-0.1, -0.05) is 24.6 Å². The number of rotatable bonds is 3. The summed E-state index contributed by atoms with van der Waals surface area (Å²) in [5.41, 5.74) is 2.37. The van der Waals surface area contributed by atoms with Crippen molar-refractivity contribution in [2.75, 3.05) is 0 Å². The predicted molar refractivity (Wildman–Crippen MR) is 63.3 cm³/mol. The summed E-state index contributed by atoms with van der Waals surface area (Å²) in [4.78, 5) is 10.6. The van der Waals surface area contributed by atoms with Crippen molar-refractivity contribution in [3.63, 3.8) is 0 Å². The molecule has 3 nitrogen and oxygen atoms in total. The Bertz CT molecular complexity index is 427. The van der Waals surface area contributed by atoms with Crippen molar-refractivity contribution in [1.82, 2.24) is 0 Å². The third kappa shape index (κ3) is 2.47. The van der Waals surface area contributed by atoms with Gasteiger partial charge in [0, 0.05) is 0 Å². The van der Waals surface area contributed by atoms with Crippen LogP contribution >= 0.6 is 11.6 Å². The van der Waals surface area contributed by atoms with Crippen LogP contribution in [0.25, 0.3) is 0 Å². The minimum atomic E-state index is -0.888. The van der Waals surface area contributed by atoms with Crippen LogP contribution in [0, 0.1) is 13.8 Å². The largest absolute Gasteiger partial charge is 0.506 e. The van der Waals surface area contributed by atoms with Crippen molar-refractivity contribution < 1.29 is 15.0 Å². The van der Waals surface area contributed by atoms with E-state index in [0.29, 0.717) is 10.6 Å². The highest BCUT2D eigenvalue weighted by Gasteiger charge is 2.18. The van der Waals surface area contributed by atoms with Crippen molar-refractivity contribution in [1.29, 1.82) is 0 Å². The van der Waals surface area contributed by atoms with E-state index in [9.17, 15) is 9.90 Å². The summed E-state index contributed by atoms with van der Waals surface area (Å²) >= 11 is 5.97. The van der Waals surface area contributed by atoms with Gasteiger partial charge in [-0.25, -0.2) is 0 Å². The van der Waals surface area contributed by atoms with Crippen molar-refractivity contribution in [3.8, 4) is 5.75 Å². The van der Waals surface area contributed by atoms with Crippen LogP contribution < -0.4 is 0 Å². The summed E-state index contributed by atoms with van der Waals surface area (Å²) in [7, 11) is 0. The molecule has 1 aromatic rings. The number of carboxylic acid groups (broad SMARTS) is 1. The molecule has 0 aromatic heterocycles. The summed E-state index contributed by atoms with van der Waals surface area (Å²) in [6.45, 7) is 5.47. The summed E-state index contributed by atoms with van der Waals surface area (Å²) in [6, 6.07) is 1.80. The fourth-order valence-electron chi connectivity index (χ4n) is 1.63. The standard InChI is InChI=1S/C12H15ClO3/c1-6-4-9(7(2)5-10(14)15)12(16)11(13)8(6)3/h4,7,16H,5H2,1-3H3,(H,14,15). The molecule has 2 N–H and O–H groups in total. The van der Waals surface area contributed by atoms with Crippen LogP contribution in [-0.2, 0) is 4.79 Å². The fraction of sp³-hybridized carbons (Fsp3) is 0.417. The number of hydrogen-bond donors (Lipinski definition) is 2. The quantitative estimate of drug-likeness (QED) is 0.856. The van der Waals surface area contributed by atoms with Gasteiger partial charge in [0.1, 0.15) is 5.75 Å². The van der Waals surface area contributed by atoms with Crippen molar-refractivity contribution in [3.05, 3.63) is 27.8 Å². The molecule has 1 unspecified atom stereocenters. The summed E-state index contributed by atoms with van der Waals surface area (Å²) in [5.74, 6) is -1.14. The second-order valence-electron chi connectivity index (χ2n) is 4.07. The Kier molecular flexibility index (Phi) is 3.81. The van der Waals surface area contributed by atoms with E-state index in [1.807, 2.05) is 13.8 Å². The molecule has 1 rings (SSSR count). The van der Waals surface area contributed by atoms with E-state index in [0.717, 1.165) is 11.1 Å².